The van der Waals surface area contributed by atoms with Gasteiger partial charge < -0.3 is 10.2 Å². The summed E-state index contributed by atoms with van der Waals surface area (Å²) in [5, 5.41) is 2.31. The van der Waals surface area contributed by atoms with Crippen molar-refractivity contribution in [1.29, 1.82) is 0 Å². The maximum Gasteiger partial charge on any atom is 0.417 e. The van der Waals surface area contributed by atoms with Crippen molar-refractivity contribution < 1.29 is 31.2 Å². The highest BCUT2D eigenvalue weighted by Crippen LogP contribution is 2.35. The van der Waals surface area contributed by atoms with Crippen LogP contribution in [-0.4, -0.2) is 51.3 Å². The first-order valence-electron chi connectivity index (χ1n) is 10.4. The Morgan fingerprint density at radius 2 is 1.91 bits per heavy atom. The Morgan fingerprint density at radius 3 is 2.56 bits per heavy atom. The number of nitrogens with zero attached hydrogens (tertiary/aromatic N) is 1. The highest BCUT2D eigenvalue weighted by Gasteiger charge is 2.35. The molecule has 1 heterocycles. The van der Waals surface area contributed by atoms with Crippen molar-refractivity contribution in [3.63, 3.8) is 0 Å². The molecule has 7 nitrogen and oxygen atoms in total. The lowest BCUT2D eigenvalue weighted by Crippen LogP contribution is -2.46. The van der Waals surface area contributed by atoms with Gasteiger partial charge in [0.2, 0.25) is 21.8 Å². The van der Waals surface area contributed by atoms with Gasteiger partial charge in [-0.05, 0) is 49.8 Å². The molecule has 1 aromatic rings. The van der Waals surface area contributed by atoms with Gasteiger partial charge in [-0.3, -0.25) is 9.59 Å². The molecular formula is C20H25ClF3N3O4S. The molecule has 2 aliphatic rings. The number of amides is 2. The summed E-state index contributed by atoms with van der Waals surface area (Å²) in [6, 6.07) is 2.30. The number of nitrogens with one attached hydrogen (secondary N) is 2. The van der Waals surface area contributed by atoms with Crippen LogP contribution in [0.3, 0.4) is 0 Å². The second kappa shape index (κ2) is 9.96. The molecule has 0 spiro atoms. The van der Waals surface area contributed by atoms with Crippen molar-refractivity contribution >= 4 is 33.4 Å². The number of carbonyl (C=O) groups excluding carboxylic acids is 2. The van der Waals surface area contributed by atoms with E-state index in [9.17, 15) is 31.2 Å². The van der Waals surface area contributed by atoms with Gasteiger partial charge in [0.25, 0.3) is 0 Å². The molecule has 32 heavy (non-hydrogen) atoms. The van der Waals surface area contributed by atoms with Crippen molar-refractivity contribution in [2.24, 2.45) is 11.8 Å². The number of likely N-dealkylation sites (tertiary alicyclic amines) is 1. The number of benzene rings is 1. The van der Waals surface area contributed by atoms with Crippen LogP contribution in [-0.2, 0) is 25.8 Å². The van der Waals surface area contributed by atoms with Gasteiger partial charge in [-0.1, -0.05) is 11.6 Å². The molecule has 12 heteroatoms. The smallest absolute Gasteiger partial charge is 0.356 e. The van der Waals surface area contributed by atoms with Crippen LogP contribution in [0, 0.1) is 11.8 Å². The molecule has 1 saturated carbocycles. The molecule has 1 aliphatic carbocycles. The minimum absolute atomic E-state index is 0.0710. The Kier molecular flexibility index (Phi) is 7.72. The first-order valence-corrected chi connectivity index (χ1v) is 12.3. The number of rotatable bonds is 8. The molecule has 1 aromatic carbocycles. The fourth-order valence-electron chi connectivity index (χ4n) is 3.55. The normalized spacial score (nSPS) is 19.6. The van der Waals surface area contributed by atoms with Crippen molar-refractivity contribution in [2.75, 3.05) is 26.2 Å². The zero-order chi connectivity index (χ0) is 23.5. The minimum Gasteiger partial charge on any atom is -0.356 e. The summed E-state index contributed by atoms with van der Waals surface area (Å²) in [5.74, 6) is -0.128. The average Bonchev–Trinajstić information content (AvgIpc) is 3.55. The fraction of sp³-hybridized carbons (Fsp3) is 0.600. The molecule has 1 unspecified atom stereocenters. The summed E-state index contributed by atoms with van der Waals surface area (Å²) in [4.78, 5) is 25.7. The predicted octanol–water partition coefficient (Wildman–Crippen LogP) is 2.79. The largest absolute Gasteiger partial charge is 0.417 e. The summed E-state index contributed by atoms with van der Waals surface area (Å²) in [7, 11) is -4.26. The molecule has 0 aromatic heterocycles. The van der Waals surface area contributed by atoms with Crippen LogP contribution in [0.15, 0.2) is 23.1 Å². The molecule has 1 aliphatic heterocycles. The second-order valence-corrected chi connectivity index (χ2v) is 10.3. The number of alkyl halides is 3. The predicted molar refractivity (Wildman–Crippen MR) is 111 cm³/mol. The van der Waals surface area contributed by atoms with Crippen LogP contribution in [0.2, 0.25) is 5.02 Å². The van der Waals surface area contributed by atoms with Crippen LogP contribution in [0.1, 0.15) is 37.7 Å². The van der Waals surface area contributed by atoms with Crippen LogP contribution < -0.4 is 10.0 Å². The van der Waals surface area contributed by atoms with E-state index in [0.29, 0.717) is 37.9 Å². The summed E-state index contributed by atoms with van der Waals surface area (Å²) >= 11 is 5.52. The quantitative estimate of drug-likeness (QED) is 0.579. The summed E-state index contributed by atoms with van der Waals surface area (Å²) in [5.41, 5.74) is -1.25. The maximum absolute atomic E-state index is 13.0. The molecule has 2 amide bonds. The number of hydrogen-bond donors (Lipinski definition) is 2. The summed E-state index contributed by atoms with van der Waals surface area (Å²) in [6.45, 7) is 1.13. The molecule has 2 N–H and O–H groups in total. The molecule has 1 atom stereocenters. The Balaban J connectivity index is 1.51. The van der Waals surface area contributed by atoms with Crippen LogP contribution in [0.4, 0.5) is 13.2 Å². The lowest BCUT2D eigenvalue weighted by Gasteiger charge is -2.32. The monoisotopic (exact) mass is 495 g/mol. The van der Waals surface area contributed by atoms with Crippen molar-refractivity contribution in [3.8, 4) is 0 Å². The third-order valence-electron chi connectivity index (χ3n) is 5.59. The highest BCUT2D eigenvalue weighted by molar-refractivity contribution is 7.89. The van der Waals surface area contributed by atoms with Crippen LogP contribution in [0.5, 0.6) is 0 Å². The molecular weight excluding hydrogens is 471 g/mol. The SMILES string of the molecule is O=C(NCC1CC1)C1CCCN(C(=O)CCNS(=O)(=O)c2ccc(Cl)c(C(F)(F)F)c2)C1. The first kappa shape index (κ1) is 24.8. The van der Waals surface area contributed by atoms with Gasteiger partial charge in [0.05, 0.1) is 21.4 Å². The number of halogens is 4. The standard InChI is InChI=1S/C20H25ClF3N3O4S/c21-17-6-5-15(10-16(17)20(22,23)24)32(30,31)26-8-7-18(28)27-9-1-2-14(12-27)19(29)25-11-13-3-4-13/h5-6,10,13-14,26H,1-4,7-9,11-12H2,(H,25,29). The van der Waals surface area contributed by atoms with Gasteiger partial charge in [-0.25, -0.2) is 13.1 Å². The van der Waals surface area contributed by atoms with Gasteiger partial charge in [0, 0.05) is 32.6 Å². The van der Waals surface area contributed by atoms with Gasteiger partial charge in [0.1, 0.15) is 0 Å². The number of hydrogen-bond acceptors (Lipinski definition) is 4. The topological polar surface area (TPSA) is 95.6 Å². The van der Waals surface area contributed by atoms with E-state index in [1.54, 1.807) is 0 Å². The third kappa shape index (κ3) is 6.58. The number of carbonyl (C=O) groups is 2. The van der Waals surface area contributed by atoms with E-state index in [-0.39, 0.29) is 37.2 Å². The average molecular weight is 496 g/mol. The third-order valence-corrected chi connectivity index (χ3v) is 7.38. The van der Waals surface area contributed by atoms with E-state index < -0.39 is 31.7 Å². The Labute approximate surface area is 189 Å². The number of piperidine rings is 1. The van der Waals surface area contributed by atoms with Gasteiger partial charge in [-0.2, -0.15) is 13.2 Å². The van der Waals surface area contributed by atoms with E-state index in [0.717, 1.165) is 25.0 Å². The maximum atomic E-state index is 13.0. The van der Waals surface area contributed by atoms with E-state index >= 15 is 0 Å². The molecule has 3 rings (SSSR count). The van der Waals surface area contributed by atoms with Crippen molar-refractivity contribution in [1.82, 2.24) is 14.9 Å². The van der Waals surface area contributed by atoms with Crippen molar-refractivity contribution in [2.45, 2.75) is 43.2 Å². The van der Waals surface area contributed by atoms with E-state index in [4.69, 9.17) is 11.6 Å². The minimum atomic E-state index is -4.80. The molecule has 0 radical (unpaired) electrons. The molecule has 178 valence electrons. The Bertz CT molecular complexity index is 967. The van der Waals surface area contributed by atoms with Gasteiger partial charge in [0.15, 0.2) is 0 Å². The molecule has 0 bridgehead atoms. The van der Waals surface area contributed by atoms with E-state index in [1.807, 2.05) is 0 Å². The zero-order valence-electron chi connectivity index (χ0n) is 17.3. The molecule has 1 saturated heterocycles. The fourth-order valence-corrected chi connectivity index (χ4v) is 4.83. The van der Waals surface area contributed by atoms with Crippen molar-refractivity contribution in [3.05, 3.63) is 28.8 Å². The van der Waals surface area contributed by atoms with Gasteiger partial charge in [-0.15, -0.1) is 0 Å². The van der Waals surface area contributed by atoms with E-state index in [2.05, 4.69) is 10.0 Å². The zero-order valence-corrected chi connectivity index (χ0v) is 18.8. The second-order valence-electron chi connectivity index (χ2n) is 8.15. The lowest BCUT2D eigenvalue weighted by molar-refractivity contribution is -0.138. The van der Waals surface area contributed by atoms with E-state index in [1.165, 1.54) is 4.90 Å². The Hall–Kier alpha value is -1.85. The van der Waals surface area contributed by atoms with Crippen LogP contribution in [0.25, 0.3) is 0 Å². The number of sulfonamides is 1. The summed E-state index contributed by atoms with van der Waals surface area (Å²) in [6.07, 6.45) is -1.36. The van der Waals surface area contributed by atoms with Crippen LogP contribution >= 0.6 is 11.6 Å². The first-order chi connectivity index (χ1) is 15.0. The Morgan fingerprint density at radius 1 is 1.19 bits per heavy atom. The summed E-state index contributed by atoms with van der Waals surface area (Å²) < 4.78 is 65.8. The highest BCUT2D eigenvalue weighted by atomic mass is 35.5. The lowest BCUT2D eigenvalue weighted by atomic mass is 9.97. The molecule has 2 fully saturated rings. The van der Waals surface area contributed by atoms with Gasteiger partial charge >= 0.3 is 6.18 Å².